The van der Waals surface area contributed by atoms with Gasteiger partial charge >= 0.3 is 11.6 Å². The van der Waals surface area contributed by atoms with E-state index in [1.165, 1.54) is 24.1 Å². The van der Waals surface area contributed by atoms with Crippen molar-refractivity contribution in [2.75, 3.05) is 13.2 Å². The Bertz CT molecular complexity index is 1010. The molecule has 1 fully saturated rings. The van der Waals surface area contributed by atoms with Crippen molar-refractivity contribution in [2.24, 2.45) is 17.3 Å². The van der Waals surface area contributed by atoms with Gasteiger partial charge in [0.05, 0.1) is 13.2 Å². The average molecular weight is 427 g/mol. The largest absolute Gasteiger partial charge is 0.493 e. The van der Waals surface area contributed by atoms with Crippen molar-refractivity contribution in [1.82, 2.24) is 0 Å². The van der Waals surface area contributed by atoms with Gasteiger partial charge in [0.2, 0.25) is 0 Å². The highest BCUT2D eigenvalue weighted by Crippen LogP contribution is 2.51. The van der Waals surface area contributed by atoms with Crippen LogP contribution in [-0.2, 0) is 9.53 Å². The molecule has 1 aliphatic rings. The van der Waals surface area contributed by atoms with E-state index >= 15 is 0 Å². The molecule has 1 saturated carbocycles. The number of hydrogen-bond acceptors (Lipinski definition) is 5. The van der Waals surface area contributed by atoms with Crippen molar-refractivity contribution in [3.05, 3.63) is 51.9 Å². The van der Waals surface area contributed by atoms with Gasteiger partial charge in [-0.1, -0.05) is 25.0 Å². The highest BCUT2D eigenvalue weighted by atomic mass is 16.5. The molecule has 2 aromatic rings. The van der Waals surface area contributed by atoms with Gasteiger partial charge in [0.15, 0.2) is 0 Å². The fourth-order valence-electron chi connectivity index (χ4n) is 4.84. The number of carbonyl (C=O) groups is 1. The van der Waals surface area contributed by atoms with Gasteiger partial charge in [-0.15, -0.1) is 0 Å². The highest BCUT2D eigenvalue weighted by Gasteiger charge is 2.44. The van der Waals surface area contributed by atoms with Crippen LogP contribution in [0.2, 0.25) is 0 Å². The Kier molecular flexibility index (Phi) is 7.24. The maximum Gasteiger partial charge on any atom is 0.336 e. The predicted octanol–water partition coefficient (Wildman–Crippen LogP) is 5.90. The van der Waals surface area contributed by atoms with Crippen molar-refractivity contribution in [3.8, 4) is 5.75 Å². The first-order chi connectivity index (χ1) is 14.7. The molecule has 1 aromatic heterocycles. The molecule has 3 rings (SSSR count). The third-order valence-electron chi connectivity index (χ3n) is 6.92. The van der Waals surface area contributed by atoms with E-state index in [1.54, 1.807) is 12.1 Å². The zero-order valence-corrected chi connectivity index (χ0v) is 19.3. The van der Waals surface area contributed by atoms with Crippen LogP contribution in [0.3, 0.4) is 0 Å². The van der Waals surface area contributed by atoms with Crippen LogP contribution in [-0.4, -0.2) is 19.2 Å². The summed E-state index contributed by atoms with van der Waals surface area (Å²) in [4.78, 5) is 22.7. The van der Waals surface area contributed by atoms with Gasteiger partial charge in [-0.3, -0.25) is 4.79 Å². The first-order valence-electron chi connectivity index (χ1n) is 11.2. The van der Waals surface area contributed by atoms with Crippen LogP contribution in [0.15, 0.2) is 50.7 Å². The van der Waals surface area contributed by atoms with Crippen LogP contribution < -0.4 is 10.4 Å². The molecule has 0 amide bonds. The van der Waals surface area contributed by atoms with Gasteiger partial charge < -0.3 is 13.9 Å². The molecule has 168 valence electrons. The van der Waals surface area contributed by atoms with Crippen LogP contribution in [0.1, 0.15) is 60.3 Å². The molecule has 1 aliphatic carbocycles. The molecule has 0 spiro atoms. The number of ether oxygens (including phenoxy) is 2. The van der Waals surface area contributed by atoms with Crippen molar-refractivity contribution in [2.45, 2.75) is 60.3 Å². The fraction of sp³-hybridized carbons (Fsp3) is 0.538. The van der Waals surface area contributed by atoms with Gasteiger partial charge in [-0.2, -0.15) is 0 Å². The smallest absolute Gasteiger partial charge is 0.336 e. The average Bonchev–Trinajstić information content (AvgIpc) is 2.72. The monoisotopic (exact) mass is 426 g/mol. The second-order valence-corrected chi connectivity index (χ2v) is 9.25. The minimum absolute atomic E-state index is 0.0481. The second-order valence-electron chi connectivity index (χ2n) is 9.25. The minimum atomic E-state index is -0.362. The molecule has 5 heteroatoms. The number of allylic oxidation sites excluding steroid dienone is 2. The summed E-state index contributed by atoms with van der Waals surface area (Å²) in [6.45, 7) is 11.5. The van der Waals surface area contributed by atoms with Crippen LogP contribution in [0.25, 0.3) is 11.0 Å². The van der Waals surface area contributed by atoms with E-state index in [0.717, 1.165) is 31.1 Å². The summed E-state index contributed by atoms with van der Waals surface area (Å²) in [5.74, 6) is 1.34. The zero-order chi connectivity index (χ0) is 22.6. The molecule has 31 heavy (non-hydrogen) atoms. The summed E-state index contributed by atoms with van der Waals surface area (Å²) in [6.07, 6.45) is 4.04. The fourth-order valence-corrected chi connectivity index (χ4v) is 4.84. The number of fused-ring (bicyclic) bond motifs is 1. The molecule has 3 atom stereocenters. The molecular formula is C26H34O5. The van der Waals surface area contributed by atoms with Crippen molar-refractivity contribution in [1.29, 1.82) is 0 Å². The molecule has 0 radical (unpaired) electrons. The maximum atomic E-state index is 11.6. The molecular weight excluding hydrogens is 392 g/mol. The highest BCUT2D eigenvalue weighted by molar-refractivity contribution is 5.77. The molecule has 1 heterocycles. The Morgan fingerprint density at radius 1 is 1.19 bits per heavy atom. The molecule has 0 bridgehead atoms. The Morgan fingerprint density at radius 3 is 2.65 bits per heavy atom. The number of hydrogen-bond donors (Lipinski definition) is 0. The standard InChI is InChI=1S/C26H34O5/c1-17(2)22-12-8-18(3)26(5,23(22)7-6-14-29-19(4)27)16-30-21-11-9-20-10-13-25(28)31-24(20)15-21/h9-11,13,15,18,23H,6-8,12,14,16H2,1-5H3. The Balaban J connectivity index is 1.81. The molecule has 5 nitrogen and oxygen atoms in total. The lowest BCUT2D eigenvalue weighted by atomic mass is 9.58. The van der Waals surface area contributed by atoms with Crippen molar-refractivity contribution < 1.29 is 18.7 Å². The third-order valence-corrected chi connectivity index (χ3v) is 6.92. The Morgan fingerprint density at radius 2 is 1.94 bits per heavy atom. The van der Waals surface area contributed by atoms with Crippen LogP contribution in [0, 0.1) is 17.3 Å². The number of carbonyl (C=O) groups excluding carboxylic acids is 1. The third kappa shape index (κ3) is 5.38. The molecule has 0 N–H and O–H groups in total. The summed E-state index contributed by atoms with van der Waals surface area (Å²) < 4.78 is 16.8. The Hall–Kier alpha value is -2.56. The molecule has 3 unspecified atom stereocenters. The molecule has 0 saturated heterocycles. The van der Waals surface area contributed by atoms with Gasteiger partial charge in [0.1, 0.15) is 11.3 Å². The van der Waals surface area contributed by atoms with Gasteiger partial charge in [-0.25, -0.2) is 4.79 Å². The van der Waals surface area contributed by atoms with E-state index < -0.39 is 0 Å². The first kappa shape index (κ1) is 23.1. The lowest BCUT2D eigenvalue weighted by Crippen LogP contribution is -2.44. The SMILES string of the molecule is CC(=O)OCCCC1C(=C(C)C)CCC(C)C1(C)COc1ccc2ccc(=O)oc2c1. The van der Waals surface area contributed by atoms with E-state index in [1.807, 2.05) is 12.1 Å². The normalized spacial score (nSPS) is 23.6. The van der Waals surface area contributed by atoms with Gasteiger partial charge in [-0.05, 0) is 69.6 Å². The van der Waals surface area contributed by atoms with Crippen LogP contribution in [0.5, 0.6) is 5.75 Å². The number of esters is 1. The van der Waals surface area contributed by atoms with Crippen molar-refractivity contribution >= 4 is 16.9 Å². The second kappa shape index (κ2) is 9.71. The quantitative estimate of drug-likeness (QED) is 0.238. The maximum absolute atomic E-state index is 11.6. The summed E-state index contributed by atoms with van der Waals surface area (Å²) in [5, 5.41) is 0.874. The summed E-state index contributed by atoms with van der Waals surface area (Å²) in [5.41, 5.74) is 3.01. The lowest BCUT2D eigenvalue weighted by Gasteiger charge is -2.48. The summed E-state index contributed by atoms with van der Waals surface area (Å²) >= 11 is 0. The van der Waals surface area contributed by atoms with E-state index in [0.29, 0.717) is 36.4 Å². The van der Waals surface area contributed by atoms with Crippen molar-refractivity contribution in [3.63, 3.8) is 0 Å². The predicted molar refractivity (Wildman–Crippen MR) is 122 cm³/mol. The summed E-state index contributed by atoms with van der Waals surface area (Å²) in [6, 6.07) is 8.82. The van der Waals surface area contributed by atoms with E-state index in [-0.39, 0.29) is 17.0 Å². The summed E-state index contributed by atoms with van der Waals surface area (Å²) in [7, 11) is 0. The topological polar surface area (TPSA) is 65.7 Å². The lowest BCUT2D eigenvalue weighted by molar-refractivity contribution is -0.141. The van der Waals surface area contributed by atoms with E-state index in [9.17, 15) is 9.59 Å². The van der Waals surface area contributed by atoms with Gasteiger partial charge in [0.25, 0.3) is 0 Å². The number of benzene rings is 1. The minimum Gasteiger partial charge on any atom is -0.493 e. The zero-order valence-electron chi connectivity index (χ0n) is 19.3. The molecule has 1 aromatic carbocycles. The Labute approximate surface area is 184 Å². The van der Waals surface area contributed by atoms with E-state index in [2.05, 4.69) is 27.7 Å². The van der Waals surface area contributed by atoms with E-state index in [4.69, 9.17) is 13.9 Å². The number of rotatable bonds is 7. The van der Waals surface area contributed by atoms with Crippen LogP contribution in [0.4, 0.5) is 0 Å². The molecule has 0 aliphatic heterocycles. The first-order valence-corrected chi connectivity index (χ1v) is 11.2. The van der Waals surface area contributed by atoms with Gasteiger partial charge in [0, 0.05) is 29.9 Å². The van der Waals surface area contributed by atoms with Crippen LogP contribution >= 0.6 is 0 Å².